The number of halogens is 1. The minimum Gasteiger partial charge on any atom is -0.349 e. The molecule has 1 aromatic rings. The van der Waals surface area contributed by atoms with Crippen LogP contribution >= 0.6 is 15.9 Å². The van der Waals surface area contributed by atoms with Crippen LogP contribution in [0.1, 0.15) is 28.8 Å². The summed E-state index contributed by atoms with van der Waals surface area (Å²) in [5.41, 5.74) is 1.57. The van der Waals surface area contributed by atoms with Gasteiger partial charge in [0.05, 0.1) is 6.26 Å². The van der Waals surface area contributed by atoms with Crippen molar-refractivity contribution >= 4 is 31.9 Å². The third-order valence-corrected chi connectivity index (χ3v) is 5.50. The Morgan fingerprint density at radius 2 is 1.95 bits per heavy atom. The predicted octanol–water partition coefficient (Wildman–Crippen LogP) is 1.91. The molecule has 0 atom stereocenters. The van der Waals surface area contributed by atoms with Gasteiger partial charge in [-0.1, -0.05) is 22.0 Å². The summed E-state index contributed by atoms with van der Waals surface area (Å²) >= 11 is 3.37. The molecule has 1 aliphatic rings. The Balaban J connectivity index is 1.97. The van der Waals surface area contributed by atoms with Gasteiger partial charge in [-0.15, -0.1) is 0 Å². The van der Waals surface area contributed by atoms with Crippen LogP contribution in [0.25, 0.3) is 0 Å². The fraction of sp³-hybridized carbons (Fsp3) is 0.500. The number of nitrogens with one attached hydrogen (secondary N) is 1. The highest BCUT2D eigenvalue weighted by molar-refractivity contribution is 9.10. The van der Waals surface area contributed by atoms with Gasteiger partial charge in [-0.2, -0.15) is 0 Å². The summed E-state index contributed by atoms with van der Waals surface area (Å²) < 4.78 is 25.2. The number of benzene rings is 1. The second kappa shape index (κ2) is 6.46. The van der Waals surface area contributed by atoms with E-state index in [1.807, 2.05) is 19.1 Å². The first-order chi connectivity index (χ1) is 9.77. The lowest BCUT2D eigenvalue weighted by Gasteiger charge is -2.30. The average Bonchev–Trinajstić information content (AvgIpc) is 2.41. The molecule has 1 saturated heterocycles. The molecule has 7 heteroatoms. The van der Waals surface area contributed by atoms with Crippen LogP contribution in [0.4, 0.5) is 0 Å². The molecule has 0 bridgehead atoms. The lowest BCUT2D eigenvalue weighted by Crippen LogP contribution is -2.46. The highest BCUT2D eigenvalue weighted by atomic mass is 79.9. The van der Waals surface area contributed by atoms with Crippen molar-refractivity contribution in [3.63, 3.8) is 0 Å². The molecule has 1 heterocycles. The highest BCUT2D eigenvalue weighted by Gasteiger charge is 2.26. The zero-order valence-corrected chi connectivity index (χ0v) is 14.5. The Kier molecular flexibility index (Phi) is 5.06. The minimum absolute atomic E-state index is 0.0221. The van der Waals surface area contributed by atoms with Gasteiger partial charge in [-0.3, -0.25) is 4.79 Å². The van der Waals surface area contributed by atoms with Gasteiger partial charge in [0.1, 0.15) is 0 Å². The van der Waals surface area contributed by atoms with Gasteiger partial charge in [0.25, 0.3) is 5.91 Å². The van der Waals surface area contributed by atoms with Gasteiger partial charge in [0.2, 0.25) is 10.0 Å². The first-order valence-electron chi connectivity index (χ1n) is 6.79. The first-order valence-corrected chi connectivity index (χ1v) is 9.43. The summed E-state index contributed by atoms with van der Waals surface area (Å²) in [6.07, 6.45) is 2.51. The van der Waals surface area contributed by atoms with Crippen LogP contribution < -0.4 is 5.32 Å². The van der Waals surface area contributed by atoms with Gasteiger partial charge in [-0.25, -0.2) is 12.7 Å². The molecule has 21 heavy (non-hydrogen) atoms. The van der Waals surface area contributed by atoms with Crippen molar-refractivity contribution in [3.8, 4) is 0 Å². The normalized spacial score (nSPS) is 17.7. The molecule has 1 fully saturated rings. The summed E-state index contributed by atoms with van der Waals surface area (Å²) in [5, 5.41) is 2.99. The largest absolute Gasteiger partial charge is 0.349 e. The van der Waals surface area contributed by atoms with Crippen molar-refractivity contribution < 1.29 is 13.2 Å². The van der Waals surface area contributed by atoms with Crippen LogP contribution in [0.15, 0.2) is 22.7 Å². The number of piperidine rings is 1. The number of hydrogen-bond donors (Lipinski definition) is 1. The van der Waals surface area contributed by atoms with Crippen molar-refractivity contribution in [2.45, 2.75) is 25.8 Å². The van der Waals surface area contributed by atoms with E-state index < -0.39 is 10.0 Å². The molecule has 0 radical (unpaired) electrons. The fourth-order valence-corrected chi connectivity index (χ4v) is 3.67. The minimum atomic E-state index is -3.13. The standard InChI is InChI=1S/C14H19BrN2O3S/c1-10-3-4-11(15)9-13(10)14(18)16-12-5-7-17(8-6-12)21(2,19)20/h3-4,9,12H,5-8H2,1-2H3,(H,16,18). The van der Waals surface area contributed by atoms with Crippen molar-refractivity contribution in [2.24, 2.45) is 0 Å². The van der Waals surface area contributed by atoms with E-state index in [1.54, 1.807) is 6.07 Å². The van der Waals surface area contributed by atoms with Gasteiger partial charge in [-0.05, 0) is 37.5 Å². The summed E-state index contributed by atoms with van der Waals surface area (Å²) in [6, 6.07) is 5.62. The van der Waals surface area contributed by atoms with Gasteiger partial charge in [0, 0.05) is 29.2 Å². The van der Waals surface area contributed by atoms with E-state index in [-0.39, 0.29) is 11.9 Å². The van der Waals surface area contributed by atoms with Gasteiger partial charge < -0.3 is 5.32 Å². The maximum absolute atomic E-state index is 12.3. The maximum Gasteiger partial charge on any atom is 0.251 e. The molecule has 2 rings (SSSR count). The number of aryl methyl sites for hydroxylation is 1. The van der Waals surface area contributed by atoms with Crippen molar-refractivity contribution in [3.05, 3.63) is 33.8 Å². The fourth-order valence-electron chi connectivity index (χ4n) is 2.43. The smallest absolute Gasteiger partial charge is 0.251 e. The van der Waals surface area contributed by atoms with Crippen LogP contribution in [-0.4, -0.2) is 44.0 Å². The van der Waals surface area contributed by atoms with E-state index in [0.717, 1.165) is 10.0 Å². The molecule has 1 N–H and O–H groups in total. The number of hydrogen-bond acceptors (Lipinski definition) is 3. The molecule has 1 aliphatic heterocycles. The van der Waals surface area contributed by atoms with Crippen molar-refractivity contribution in [2.75, 3.05) is 19.3 Å². The molecule has 0 aromatic heterocycles. The Morgan fingerprint density at radius 1 is 1.33 bits per heavy atom. The van der Waals surface area contributed by atoms with Crippen LogP contribution in [0, 0.1) is 6.92 Å². The van der Waals surface area contributed by atoms with Gasteiger partial charge >= 0.3 is 0 Å². The average molecular weight is 375 g/mol. The molecule has 0 saturated carbocycles. The Labute approximate surface area is 133 Å². The highest BCUT2D eigenvalue weighted by Crippen LogP contribution is 2.18. The van der Waals surface area contributed by atoms with E-state index in [2.05, 4.69) is 21.2 Å². The zero-order valence-electron chi connectivity index (χ0n) is 12.1. The summed E-state index contributed by atoms with van der Waals surface area (Å²) in [7, 11) is -3.13. The van der Waals surface area contributed by atoms with Crippen LogP contribution in [0.5, 0.6) is 0 Å². The monoisotopic (exact) mass is 374 g/mol. The first kappa shape index (κ1) is 16.5. The summed E-state index contributed by atoms with van der Waals surface area (Å²) in [4.78, 5) is 12.3. The zero-order chi connectivity index (χ0) is 15.6. The van der Waals surface area contributed by atoms with E-state index in [4.69, 9.17) is 0 Å². The third kappa shape index (κ3) is 4.28. The molecule has 116 valence electrons. The van der Waals surface area contributed by atoms with Crippen LogP contribution in [0.2, 0.25) is 0 Å². The van der Waals surface area contributed by atoms with Crippen molar-refractivity contribution in [1.82, 2.24) is 9.62 Å². The van der Waals surface area contributed by atoms with E-state index in [0.29, 0.717) is 31.5 Å². The molecular formula is C14H19BrN2O3S. The van der Waals surface area contributed by atoms with Crippen LogP contribution in [-0.2, 0) is 10.0 Å². The number of carbonyl (C=O) groups excluding carboxylic acids is 1. The molecular weight excluding hydrogens is 356 g/mol. The number of amides is 1. The Morgan fingerprint density at radius 3 is 2.52 bits per heavy atom. The predicted molar refractivity (Wildman–Crippen MR) is 85.8 cm³/mol. The SMILES string of the molecule is Cc1ccc(Br)cc1C(=O)NC1CCN(S(C)(=O)=O)CC1. The Bertz CT molecular complexity index is 638. The van der Waals surface area contributed by atoms with E-state index in [9.17, 15) is 13.2 Å². The second-order valence-corrected chi connectivity index (χ2v) is 8.27. The molecule has 0 unspecified atom stereocenters. The van der Waals surface area contributed by atoms with E-state index in [1.165, 1.54) is 10.6 Å². The molecule has 1 aromatic carbocycles. The molecule has 5 nitrogen and oxygen atoms in total. The number of rotatable bonds is 3. The number of carbonyl (C=O) groups is 1. The molecule has 0 aliphatic carbocycles. The third-order valence-electron chi connectivity index (χ3n) is 3.70. The summed E-state index contributed by atoms with van der Waals surface area (Å²) in [6.45, 7) is 2.82. The number of sulfonamides is 1. The topological polar surface area (TPSA) is 66.5 Å². The molecule has 1 amide bonds. The lowest BCUT2D eigenvalue weighted by atomic mass is 10.0. The van der Waals surface area contributed by atoms with Crippen LogP contribution in [0.3, 0.4) is 0 Å². The second-order valence-electron chi connectivity index (χ2n) is 5.37. The Hall–Kier alpha value is -0.920. The van der Waals surface area contributed by atoms with Gasteiger partial charge in [0.15, 0.2) is 0 Å². The van der Waals surface area contributed by atoms with Crippen molar-refractivity contribution in [1.29, 1.82) is 0 Å². The molecule has 0 spiro atoms. The van der Waals surface area contributed by atoms with E-state index >= 15 is 0 Å². The summed E-state index contributed by atoms with van der Waals surface area (Å²) in [5.74, 6) is -0.105. The maximum atomic E-state index is 12.3. The quantitative estimate of drug-likeness (QED) is 0.878. The lowest BCUT2D eigenvalue weighted by molar-refractivity contribution is 0.0923. The number of nitrogens with zero attached hydrogens (tertiary/aromatic N) is 1.